The predicted octanol–water partition coefficient (Wildman–Crippen LogP) is -0.712. The van der Waals surface area contributed by atoms with Crippen LogP contribution < -0.4 is 5.32 Å². The highest BCUT2D eigenvalue weighted by molar-refractivity contribution is 6.01. The highest BCUT2D eigenvalue weighted by atomic mass is 16.7. The number of carboxylic acid groups (broad SMARTS) is 1. The largest absolute Gasteiger partial charge is 0.481 e. The van der Waals surface area contributed by atoms with Gasteiger partial charge in [-0.1, -0.05) is 0 Å². The molecule has 3 amide bonds. The summed E-state index contributed by atoms with van der Waals surface area (Å²) in [6.07, 6.45) is -0.538. The summed E-state index contributed by atoms with van der Waals surface area (Å²) in [6.45, 7) is -0.0550. The van der Waals surface area contributed by atoms with E-state index >= 15 is 0 Å². The van der Waals surface area contributed by atoms with E-state index in [1.807, 2.05) is 0 Å². The van der Waals surface area contributed by atoms with E-state index in [4.69, 9.17) is 9.84 Å². The molecule has 0 aromatic carbocycles. The second kappa shape index (κ2) is 10.8. The van der Waals surface area contributed by atoms with Crippen molar-refractivity contribution in [2.45, 2.75) is 44.9 Å². The molecule has 0 bridgehead atoms. The molecule has 1 aliphatic rings. The Morgan fingerprint density at radius 1 is 0.962 bits per heavy atom. The summed E-state index contributed by atoms with van der Waals surface area (Å²) in [4.78, 5) is 71.7. The second-order valence-electron chi connectivity index (χ2n) is 5.36. The molecular formula is C15H20N2O9. The summed E-state index contributed by atoms with van der Waals surface area (Å²) in [5.74, 6) is -4.16. The van der Waals surface area contributed by atoms with Crippen LogP contribution in [0.2, 0.25) is 0 Å². The van der Waals surface area contributed by atoms with Gasteiger partial charge in [-0.25, -0.2) is 4.79 Å². The Bertz CT molecular complexity index is 572. The van der Waals surface area contributed by atoms with Gasteiger partial charge in [-0.2, -0.15) is 0 Å². The minimum atomic E-state index is -0.983. The van der Waals surface area contributed by atoms with Crippen molar-refractivity contribution in [3.63, 3.8) is 0 Å². The van der Waals surface area contributed by atoms with Crippen molar-refractivity contribution in [1.82, 2.24) is 10.4 Å². The number of carbonyl (C=O) groups is 6. The maximum atomic E-state index is 11.5. The van der Waals surface area contributed by atoms with Crippen molar-refractivity contribution < 1.29 is 43.4 Å². The van der Waals surface area contributed by atoms with E-state index in [2.05, 4.69) is 10.2 Å². The van der Waals surface area contributed by atoms with Crippen LogP contribution in [0.3, 0.4) is 0 Å². The zero-order chi connectivity index (χ0) is 19.5. The SMILES string of the molecule is O=C(O)CCCC(=O)NCCOC(=O)CCC(=O)ON1C(=O)CCC1=O. The lowest BCUT2D eigenvalue weighted by Crippen LogP contribution is -2.32. The molecule has 0 saturated carbocycles. The Balaban J connectivity index is 2.08. The number of nitrogens with one attached hydrogen (secondary N) is 1. The minimum absolute atomic E-state index is 0.0177. The lowest BCUT2D eigenvalue weighted by Gasteiger charge is -2.12. The van der Waals surface area contributed by atoms with Crippen molar-refractivity contribution in [1.29, 1.82) is 0 Å². The molecule has 0 aromatic rings. The van der Waals surface area contributed by atoms with E-state index in [0.717, 1.165) is 0 Å². The minimum Gasteiger partial charge on any atom is -0.481 e. The van der Waals surface area contributed by atoms with Crippen molar-refractivity contribution in [3.8, 4) is 0 Å². The number of amides is 3. The van der Waals surface area contributed by atoms with Gasteiger partial charge in [0.2, 0.25) is 5.91 Å². The molecule has 2 N–H and O–H groups in total. The number of esters is 1. The molecule has 0 unspecified atom stereocenters. The third-order valence-electron chi connectivity index (χ3n) is 3.21. The normalized spacial score (nSPS) is 13.5. The molecule has 0 aliphatic carbocycles. The number of hydrogen-bond acceptors (Lipinski definition) is 8. The van der Waals surface area contributed by atoms with Gasteiger partial charge < -0.3 is 20.0 Å². The standard InChI is InChI=1S/C15H20N2O9/c18-10(2-1-3-13(21)22)16-8-9-25-14(23)6-7-15(24)26-17-11(19)4-5-12(17)20/h1-9H2,(H,16,18)(H,21,22). The summed E-state index contributed by atoms with van der Waals surface area (Å²) in [5.41, 5.74) is 0. The van der Waals surface area contributed by atoms with Crippen LogP contribution in [0.25, 0.3) is 0 Å². The molecule has 0 spiro atoms. The summed E-state index contributed by atoms with van der Waals surface area (Å²) < 4.78 is 4.79. The van der Waals surface area contributed by atoms with E-state index in [1.54, 1.807) is 0 Å². The number of hydrogen-bond donors (Lipinski definition) is 2. The molecule has 26 heavy (non-hydrogen) atoms. The second-order valence-corrected chi connectivity index (χ2v) is 5.36. The lowest BCUT2D eigenvalue weighted by molar-refractivity contribution is -0.197. The van der Waals surface area contributed by atoms with Crippen molar-refractivity contribution in [3.05, 3.63) is 0 Å². The number of ether oxygens (including phenoxy) is 1. The van der Waals surface area contributed by atoms with Gasteiger partial charge in [-0.3, -0.25) is 24.0 Å². The summed E-state index contributed by atoms with van der Waals surface area (Å²) in [6, 6.07) is 0. The first kappa shape index (κ1) is 21.1. The van der Waals surface area contributed by atoms with Gasteiger partial charge in [-0.15, -0.1) is 5.06 Å². The number of aliphatic carboxylic acids is 1. The van der Waals surface area contributed by atoms with Gasteiger partial charge in [0.25, 0.3) is 11.8 Å². The average Bonchev–Trinajstić information content (AvgIpc) is 2.88. The Hall–Kier alpha value is -2.98. The maximum Gasteiger partial charge on any atom is 0.333 e. The summed E-state index contributed by atoms with van der Waals surface area (Å²) in [7, 11) is 0. The molecule has 1 heterocycles. The molecule has 0 atom stereocenters. The molecule has 1 rings (SSSR count). The predicted molar refractivity (Wildman–Crippen MR) is 81.9 cm³/mol. The van der Waals surface area contributed by atoms with Crippen molar-refractivity contribution in [2.75, 3.05) is 13.2 Å². The maximum absolute atomic E-state index is 11.5. The molecule has 1 saturated heterocycles. The number of carboxylic acids is 1. The van der Waals surface area contributed by atoms with E-state index in [9.17, 15) is 28.8 Å². The van der Waals surface area contributed by atoms with Gasteiger partial charge in [0.05, 0.1) is 19.4 Å². The fraction of sp³-hybridized carbons (Fsp3) is 0.600. The van der Waals surface area contributed by atoms with Gasteiger partial charge in [0, 0.05) is 25.7 Å². The molecule has 1 aliphatic heterocycles. The molecule has 1 fully saturated rings. The van der Waals surface area contributed by atoms with Crippen molar-refractivity contribution in [2.24, 2.45) is 0 Å². The Morgan fingerprint density at radius 2 is 1.58 bits per heavy atom. The van der Waals surface area contributed by atoms with Gasteiger partial charge in [-0.05, 0) is 6.42 Å². The van der Waals surface area contributed by atoms with E-state index in [0.29, 0.717) is 5.06 Å². The van der Waals surface area contributed by atoms with Crippen LogP contribution in [0.1, 0.15) is 44.9 Å². The van der Waals surface area contributed by atoms with Crippen LogP contribution in [-0.2, 0) is 38.3 Å². The lowest BCUT2D eigenvalue weighted by atomic mass is 10.2. The summed E-state index contributed by atoms with van der Waals surface area (Å²) >= 11 is 0. The first-order valence-corrected chi connectivity index (χ1v) is 8.00. The monoisotopic (exact) mass is 372 g/mol. The topological polar surface area (TPSA) is 156 Å². The van der Waals surface area contributed by atoms with E-state index < -0.39 is 29.7 Å². The number of hydroxylamine groups is 2. The molecule has 0 aromatic heterocycles. The highest BCUT2D eigenvalue weighted by Gasteiger charge is 2.32. The Kier molecular flexibility index (Phi) is 8.75. The van der Waals surface area contributed by atoms with Crippen LogP contribution in [-0.4, -0.2) is 59.0 Å². The highest BCUT2D eigenvalue weighted by Crippen LogP contribution is 2.13. The first-order valence-electron chi connectivity index (χ1n) is 8.00. The number of imide groups is 1. The van der Waals surface area contributed by atoms with E-state index in [1.165, 1.54) is 0 Å². The zero-order valence-electron chi connectivity index (χ0n) is 14.0. The quantitative estimate of drug-likeness (QED) is 0.271. The summed E-state index contributed by atoms with van der Waals surface area (Å²) in [5, 5.41) is 11.3. The van der Waals surface area contributed by atoms with Gasteiger partial charge >= 0.3 is 17.9 Å². The third kappa shape index (κ3) is 8.22. The number of carbonyl (C=O) groups excluding carboxylic acids is 5. The van der Waals surface area contributed by atoms with Crippen LogP contribution in [0, 0.1) is 0 Å². The number of rotatable bonds is 11. The van der Waals surface area contributed by atoms with Crippen LogP contribution >= 0.6 is 0 Å². The number of nitrogens with zero attached hydrogens (tertiary/aromatic N) is 1. The van der Waals surface area contributed by atoms with Crippen molar-refractivity contribution >= 4 is 35.6 Å². The Labute approximate surface area is 148 Å². The fourth-order valence-corrected chi connectivity index (χ4v) is 1.93. The molecule has 144 valence electrons. The van der Waals surface area contributed by atoms with Gasteiger partial charge in [0.15, 0.2) is 0 Å². The van der Waals surface area contributed by atoms with Crippen LogP contribution in [0.4, 0.5) is 0 Å². The van der Waals surface area contributed by atoms with Crippen LogP contribution in [0.15, 0.2) is 0 Å². The molecule has 11 nitrogen and oxygen atoms in total. The molecular weight excluding hydrogens is 352 g/mol. The van der Waals surface area contributed by atoms with Gasteiger partial charge in [0.1, 0.15) is 6.61 Å². The zero-order valence-corrected chi connectivity index (χ0v) is 14.0. The molecule has 11 heteroatoms. The van der Waals surface area contributed by atoms with Crippen LogP contribution in [0.5, 0.6) is 0 Å². The molecule has 0 radical (unpaired) electrons. The van der Waals surface area contributed by atoms with E-state index in [-0.39, 0.29) is 64.0 Å². The third-order valence-corrected chi connectivity index (χ3v) is 3.21. The average molecular weight is 372 g/mol. The Morgan fingerprint density at radius 3 is 2.19 bits per heavy atom. The fourth-order valence-electron chi connectivity index (χ4n) is 1.93. The smallest absolute Gasteiger partial charge is 0.333 e. The first-order chi connectivity index (χ1) is 12.3.